The lowest BCUT2D eigenvalue weighted by atomic mass is 9.89. The minimum atomic E-state index is 0.256. The molecule has 4 nitrogen and oxygen atoms in total. The van der Waals surface area contributed by atoms with Crippen LogP contribution in [0.2, 0.25) is 0 Å². The fourth-order valence-corrected chi connectivity index (χ4v) is 6.38. The predicted molar refractivity (Wildman–Crippen MR) is 104 cm³/mol. The lowest BCUT2D eigenvalue weighted by Gasteiger charge is -2.26. The van der Waals surface area contributed by atoms with Crippen molar-refractivity contribution in [2.24, 2.45) is 5.92 Å². The van der Waals surface area contributed by atoms with Gasteiger partial charge >= 0.3 is 0 Å². The number of carbonyl (C=O) groups excluding carboxylic acids is 1. The first-order valence-electron chi connectivity index (χ1n) is 9.31. The number of nitrogens with zero attached hydrogens (tertiary/aromatic N) is 3. The van der Waals surface area contributed by atoms with E-state index in [2.05, 4.69) is 11.9 Å². The van der Waals surface area contributed by atoms with E-state index in [-0.39, 0.29) is 5.91 Å². The molecule has 1 amide bonds. The van der Waals surface area contributed by atoms with Crippen LogP contribution in [0.4, 0.5) is 0 Å². The molecule has 1 saturated heterocycles. The van der Waals surface area contributed by atoms with Crippen LogP contribution >= 0.6 is 23.1 Å². The maximum Gasteiger partial charge on any atom is 0.232 e. The molecule has 3 heterocycles. The van der Waals surface area contributed by atoms with Gasteiger partial charge in [0, 0.05) is 23.4 Å². The molecule has 1 fully saturated rings. The molecule has 1 aliphatic carbocycles. The number of likely N-dealkylation sites (tertiary alicyclic amines) is 1. The number of fused-ring (bicyclic) bond motifs is 3. The van der Waals surface area contributed by atoms with E-state index in [9.17, 15) is 4.79 Å². The summed E-state index contributed by atoms with van der Waals surface area (Å²) in [6.45, 7) is 6.13. The molecule has 2 aromatic rings. The van der Waals surface area contributed by atoms with Gasteiger partial charge in [-0.25, -0.2) is 9.97 Å². The van der Waals surface area contributed by atoms with Crippen LogP contribution in [0.1, 0.15) is 48.9 Å². The smallest absolute Gasteiger partial charge is 0.232 e. The molecule has 2 aromatic heterocycles. The van der Waals surface area contributed by atoms with Gasteiger partial charge in [-0.1, -0.05) is 18.7 Å². The van der Waals surface area contributed by atoms with E-state index in [1.165, 1.54) is 28.7 Å². The molecule has 134 valence electrons. The van der Waals surface area contributed by atoms with Crippen molar-refractivity contribution >= 4 is 39.2 Å². The zero-order valence-electron chi connectivity index (χ0n) is 15.0. The highest BCUT2D eigenvalue weighted by atomic mass is 32.2. The lowest BCUT2D eigenvalue weighted by molar-refractivity contribution is -0.129. The Morgan fingerprint density at radius 3 is 2.88 bits per heavy atom. The van der Waals surface area contributed by atoms with Crippen LogP contribution in [-0.2, 0) is 17.6 Å². The molecular formula is C19H25N3OS2. The minimum absolute atomic E-state index is 0.256. The Balaban J connectivity index is 1.59. The normalized spacial score (nSPS) is 20.7. The Morgan fingerprint density at radius 1 is 1.28 bits per heavy atom. The first-order valence-corrected chi connectivity index (χ1v) is 11.1. The topological polar surface area (TPSA) is 46.1 Å². The van der Waals surface area contributed by atoms with E-state index >= 15 is 0 Å². The van der Waals surface area contributed by atoms with Gasteiger partial charge in [-0.2, -0.15) is 0 Å². The van der Waals surface area contributed by atoms with Crippen molar-refractivity contribution in [3.63, 3.8) is 0 Å². The molecule has 2 aliphatic rings. The second-order valence-electron chi connectivity index (χ2n) is 7.34. The van der Waals surface area contributed by atoms with Gasteiger partial charge in [0.05, 0.1) is 5.75 Å². The van der Waals surface area contributed by atoms with E-state index in [0.29, 0.717) is 5.75 Å². The van der Waals surface area contributed by atoms with Gasteiger partial charge < -0.3 is 4.90 Å². The predicted octanol–water partition coefficient (Wildman–Crippen LogP) is 4.23. The SMILES string of the molecule is Cc1nc(SCC(=O)N2CCCCC2)c2c3c(sc2n1)C[C@@H](C)CC3. The van der Waals surface area contributed by atoms with Gasteiger partial charge in [0.25, 0.3) is 0 Å². The second-order valence-corrected chi connectivity index (χ2v) is 9.39. The van der Waals surface area contributed by atoms with Crippen molar-refractivity contribution in [1.82, 2.24) is 14.9 Å². The summed E-state index contributed by atoms with van der Waals surface area (Å²) < 4.78 is 0. The van der Waals surface area contributed by atoms with Crippen LogP contribution in [-0.4, -0.2) is 39.6 Å². The molecule has 0 spiro atoms. The summed E-state index contributed by atoms with van der Waals surface area (Å²) in [5.41, 5.74) is 1.45. The maximum atomic E-state index is 12.5. The Hall–Kier alpha value is -1.14. The first-order chi connectivity index (χ1) is 12.1. The standard InChI is InChI=1S/C19H25N3OS2/c1-12-6-7-14-15(10-12)25-19-17(14)18(20-13(2)21-19)24-11-16(23)22-8-4-3-5-9-22/h12H,3-11H2,1-2H3/t12-/m0/s1. The zero-order chi connectivity index (χ0) is 17.4. The molecule has 0 saturated carbocycles. The van der Waals surface area contributed by atoms with E-state index in [1.54, 1.807) is 11.8 Å². The molecule has 6 heteroatoms. The van der Waals surface area contributed by atoms with Gasteiger partial charge in [0.1, 0.15) is 15.7 Å². The average molecular weight is 376 g/mol. The van der Waals surface area contributed by atoms with Gasteiger partial charge in [0.2, 0.25) is 5.91 Å². The quantitative estimate of drug-likeness (QED) is 0.595. The third-order valence-corrected chi connectivity index (χ3v) is 7.38. The zero-order valence-corrected chi connectivity index (χ0v) is 16.6. The van der Waals surface area contributed by atoms with E-state index in [0.717, 1.165) is 60.4 Å². The fraction of sp³-hybridized carbons (Fsp3) is 0.632. The fourth-order valence-electron chi connectivity index (χ4n) is 3.88. The van der Waals surface area contributed by atoms with Crippen molar-refractivity contribution < 1.29 is 4.79 Å². The van der Waals surface area contributed by atoms with Crippen LogP contribution in [0.25, 0.3) is 10.2 Å². The first kappa shape index (κ1) is 17.3. The summed E-state index contributed by atoms with van der Waals surface area (Å²) in [7, 11) is 0. The molecule has 25 heavy (non-hydrogen) atoms. The third-order valence-electron chi connectivity index (χ3n) is 5.27. The number of hydrogen-bond acceptors (Lipinski definition) is 5. The molecular weight excluding hydrogens is 350 g/mol. The third kappa shape index (κ3) is 3.56. The van der Waals surface area contributed by atoms with Gasteiger partial charge in [-0.05, 0) is 56.9 Å². The number of carbonyl (C=O) groups is 1. The summed E-state index contributed by atoms with van der Waals surface area (Å²) >= 11 is 3.44. The van der Waals surface area contributed by atoms with Crippen LogP contribution < -0.4 is 0 Å². The van der Waals surface area contributed by atoms with Crippen molar-refractivity contribution in [2.75, 3.05) is 18.8 Å². The monoisotopic (exact) mass is 375 g/mol. The van der Waals surface area contributed by atoms with E-state index < -0.39 is 0 Å². The van der Waals surface area contributed by atoms with Crippen LogP contribution in [0, 0.1) is 12.8 Å². The summed E-state index contributed by atoms with van der Waals surface area (Å²) in [6.07, 6.45) is 7.06. The molecule has 0 bridgehead atoms. The van der Waals surface area contributed by atoms with Crippen LogP contribution in [0.5, 0.6) is 0 Å². The number of amides is 1. The molecule has 1 aliphatic heterocycles. The number of thioether (sulfide) groups is 1. The number of piperidine rings is 1. The highest BCUT2D eigenvalue weighted by Crippen LogP contribution is 2.40. The van der Waals surface area contributed by atoms with Crippen LogP contribution in [0.15, 0.2) is 5.03 Å². The molecule has 4 rings (SSSR count). The van der Waals surface area contributed by atoms with Gasteiger partial charge in [0.15, 0.2) is 0 Å². The highest BCUT2D eigenvalue weighted by Gasteiger charge is 2.24. The van der Waals surface area contributed by atoms with Crippen molar-refractivity contribution in [2.45, 2.75) is 57.4 Å². The lowest BCUT2D eigenvalue weighted by Crippen LogP contribution is -2.36. The highest BCUT2D eigenvalue weighted by molar-refractivity contribution is 8.00. The molecule has 1 atom stereocenters. The molecule has 0 radical (unpaired) electrons. The van der Waals surface area contributed by atoms with E-state index in [4.69, 9.17) is 4.98 Å². The number of rotatable bonds is 3. The maximum absolute atomic E-state index is 12.5. The van der Waals surface area contributed by atoms with Crippen molar-refractivity contribution in [3.05, 3.63) is 16.3 Å². The van der Waals surface area contributed by atoms with Crippen molar-refractivity contribution in [3.8, 4) is 0 Å². The largest absolute Gasteiger partial charge is 0.342 e. The van der Waals surface area contributed by atoms with Gasteiger partial charge in [-0.15, -0.1) is 11.3 Å². The Labute approximate surface area is 157 Å². The Morgan fingerprint density at radius 2 is 2.08 bits per heavy atom. The average Bonchev–Trinajstić information content (AvgIpc) is 2.97. The van der Waals surface area contributed by atoms with Gasteiger partial charge in [-0.3, -0.25) is 4.79 Å². The summed E-state index contributed by atoms with van der Waals surface area (Å²) in [5.74, 6) is 2.32. The van der Waals surface area contributed by atoms with E-state index in [1.807, 2.05) is 23.2 Å². The number of aryl methyl sites for hydroxylation is 2. The Bertz CT molecular complexity index is 796. The van der Waals surface area contributed by atoms with Crippen molar-refractivity contribution in [1.29, 1.82) is 0 Å². The molecule has 0 unspecified atom stereocenters. The summed E-state index contributed by atoms with van der Waals surface area (Å²) in [4.78, 5) is 26.5. The summed E-state index contributed by atoms with van der Waals surface area (Å²) in [5, 5.41) is 2.24. The number of thiophene rings is 1. The Kier molecular flexibility index (Phi) is 5.00. The second kappa shape index (κ2) is 7.23. The molecule has 0 aromatic carbocycles. The molecule has 0 N–H and O–H groups in total. The number of hydrogen-bond donors (Lipinski definition) is 0. The minimum Gasteiger partial charge on any atom is -0.342 e. The summed E-state index contributed by atoms with van der Waals surface area (Å²) in [6, 6.07) is 0. The number of aromatic nitrogens is 2. The van der Waals surface area contributed by atoms with Crippen LogP contribution in [0.3, 0.4) is 0 Å².